The fraction of sp³-hybridized carbons (Fsp3) is 0.627. The van der Waals surface area contributed by atoms with Gasteiger partial charge in [0.25, 0.3) is 0 Å². The maximum absolute atomic E-state index is 13.2. The largest absolute Gasteiger partial charge is 0.445 e. The molecule has 0 radical (unpaired) electrons. The average molecular weight is 1150 g/mol. The van der Waals surface area contributed by atoms with Crippen LogP contribution in [0, 0.1) is 35.5 Å². The SMILES string of the molecule is CCC1O[C@H](OC2C(C)OC3COC(c4ccccc4)O[C@H]3[C@@H]2C)C(C)[C@@H](O)[C@@H]1C.CCC1O[C@H](OC2C(OCCCCCN(Cc3ccccc3)C(=O)OCc3ccccc3)OC3COC(c4ccccc4)O[C@H]3[C@@H]2C)C(C)[C@@H](O)[C@@H]1C. The highest BCUT2D eigenvalue weighted by atomic mass is 16.8. The van der Waals surface area contributed by atoms with Gasteiger partial charge in [-0.05, 0) is 50.2 Å². The predicted octanol–water partition coefficient (Wildman–Crippen LogP) is 11.3. The first-order chi connectivity index (χ1) is 40.2. The summed E-state index contributed by atoms with van der Waals surface area (Å²) >= 11 is 0. The number of nitrogens with zero attached hydrogens (tertiary/aromatic N) is 1. The van der Waals surface area contributed by atoms with Crippen LogP contribution in [0.5, 0.6) is 0 Å². The van der Waals surface area contributed by atoms with Gasteiger partial charge in [-0.2, -0.15) is 0 Å². The molecule has 0 aliphatic carbocycles. The Morgan fingerprint density at radius 2 is 0.988 bits per heavy atom. The molecule has 16 nitrogen and oxygen atoms in total. The molecule has 2 N–H and O–H groups in total. The maximum atomic E-state index is 13.2. The van der Waals surface area contributed by atoms with E-state index in [4.69, 9.17) is 56.8 Å². The Morgan fingerprint density at radius 1 is 0.518 bits per heavy atom. The lowest BCUT2D eigenvalue weighted by Gasteiger charge is -2.50. The van der Waals surface area contributed by atoms with Crippen LogP contribution in [0.3, 0.4) is 0 Å². The van der Waals surface area contributed by atoms with E-state index in [0.29, 0.717) is 32.9 Å². The lowest BCUT2D eigenvalue weighted by Crippen LogP contribution is -2.61. The van der Waals surface area contributed by atoms with Gasteiger partial charge in [0.2, 0.25) is 0 Å². The van der Waals surface area contributed by atoms with Crippen LogP contribution in [0.2, 0.25) is 0 Å². The van der Waals surface area contributed by atoms with Crippen molar-refractivity contribution < 1.29 is 71.8 Å². The average Bonchev–Trinajstić information content (AvgIpc) is 3.63. The van der Waals surface area contributed by atoms with E-state index < -0.39 is 49.8 Å². The van der Waals surface area contributed by atoms with Crippen LogP contribution in [-0.2, 0) is 70.0 Å². The van der Waals surface area contributed by atoms with Gasteiger partial charge in [-0.1, -0.05) is 177 Å². The van der Waals surface area contributed by atoms with Crippen LogP contribution in [0.15, 0.2) is 121 Å². The molecule has 0 saturated carbocycles. The summed E-state index contributed by atoms with van der Waals surface area (Å²) in [4.78, 5) is 15.0. The highest BCUT2D eigenvalue weighted by Gasteiger charge is 2.53. The Kier molecular flexibility index (Phi) is 23.1. The Bertz CT molecular complexity index is 2510. The van der Waals surface area contributed by atoms with Crippen molar-refractivity contribution in [1.29, 1.82) is 0 Å². The van der Waals surface area contributed by atoms with E-state index >= 15 is 0 Å². The molecule has 12 unspecified atom stereocenters. The van der Waals surface area contributed by atoms with Gasteiger partial charge in [0.1, 0.15) is 24.9 Å². The van der Waals surface area contributed by atoms with Gasteiger partial charge < -0.3 is 72.0 Å². The molecule has 16 heteroatoms. The molecule has 4 aromatic rings. The van der Waals surface area contributed by atoms with Crippen LogP contribution in [-0.4, -0.2) is 134 Å². The van der Waals surface area contributed by atoms with Crippen LogP contribution in [0.1, 0.15) is 129 Å². The van der Waals surface area contributed by atoms with Crippen LogP contribution >= 0.6 is 0 Å². The molecule has 83 heavy (non-hydrogen) atoms. The third-order valence-electron chi connectivity index (χ3n) is 18.0. The number of fused-ring (bicyclic) bond motifs is 2. The molecule has 1 amide bonds. The van der Waals surface area contributed by atoms with E-state index in [0.717, 1.165) is 54.4 Å². The van der Waals surface area contributed by atoms with Crippen molar-refractivity contribution in [1.82, 2.24) is 4.90 Å². The molecule has 4 aromatic carbocycles. The summed E-state index contributed by atoms with van der Waals surface area (Å²) in [6, 6.07) is 39.6. The molecule has 0 aromatic heterocycles. The lowest BCUT2D eigenvalue weighted by atomic mass is 9.84. The number of hydrogen-bond acceptors (Lipinski definition) is 15. The molecule has 6 aliphatic rings. The predicted molar refractivity (Wildman–Crippen MR) is 311 cm³/mol. The summed E-state index contributed by atoms with van der Waals surface area (Å²) in [5.41, 5.74) is 3.96. The maximum Gasteiger partial charge on any atom is 0.410 e. The summed E-state index contributed by atoms with van der Waals surface area (Å²) in [6.07, 6.45) is -1.77. The molecular weight excluding hydrogens is 1060 g/mol. The first kappa shape index (κ1) is 63.1. The van der Waals surface area contributed by atoms with Gasteiger partial charge >= 0.3 is 6.09 Å². The molecule has 10 rings (SSSR count). The number of aliphatic hydroxyl groups excluding tert-OH is 2. The fourth-order valence-electron chi connectivity index (χ4n) is 12.8. The Balaban J connectivity index is 0.000000233. The molecule has 22 atom stereocenters. The molecule has 6 fully saturated rings. The topological polar surface area (TPSA) is 172 Å². The molecule has 0 spiro atoms. The number of rotatable bonds is 19. The van der Waals surface area contributed by atoms with Crippen LogP contribution < -0.4 is 0 Å². The molecule has 6 aliphatic heterocycles. The van der Waals surface area contributed by atoms with Gasteiger partial charge in [-0.3, -0.25) is 0 Å². The summed E-state index contributed by atoms with van der Waals surface area (Å²) in [5, 5.41) is 21.8. The number of ether oxygens (including phenoxy) is 12. The third-order valence-corrected chi connectivity index (χ3v) is 18.0. The summed E-state index contributed by atoms with van der Waals surface area (Å²) in [5.74, 6) is -0.254. The van der Waals surface area contributed by atoms with Crippen molar-refractivity contribution in [2.45, 2.75) is 206 Å². The second-order valence-corrected chi connectivity index (χ2v) is 23.9. The van der Waals surface area contributed by atoms with Crippen LogP contribution in [0.4, 0.5) is 4.79 Å². The Morgan fingerprint density at radius 3 is 1.51 bits per heavy atom. The zero-order valence-corrected chi connectivity index (χ0v) is 50.2. The normalized spacial score (nSPS) is 37.0. The van der Waals surface area contributed by atoms with Crippen molar-refractivity contribution in [2.75, 3.05) is 26.4 Å². The van der Waals surface area contributed by atoms with Crippen LogP contribution in [0.25, 0.3) is 0 Å². The highest BCUT2D eigenvalue weighted by molar-refractivity contribution is 5.67. The number of benzene rings is 4. The summed E-state index contributed by atoms with van der Waals surface area (Å²) < 4.78 is 75.8. The standard InChI is InChI=1S/C43H57NO9.C24H36O6/c1-5-35-29(2)37(45)30(3)40(50-35)53-39-31(4)38-36(28-48-41(52-38)34-22-14-8-15-23-34)51-42(39)47-25-17-9-16-24-44(26-32-18-10-6-11-19-32)43(46)49-27-33-20-12-7-13-21-33;1-6-18-13(2)20(25)14(3)23(28-18)29-21-15(4)22-19(27-16(21)5)12-26-24(30-22)17-10-8-7-9-11-17/h6-8,10-15,18-23,29-31,35-42,45H,5,9,16-17,24-28H2,1-4H3;7-11,13-16,18-25H,6,12H2,1-5H3/t29-,30?,31+,35?,36?,37+,38+,39?,40-,41?,42?;13-,14?,15-,16?,18?,19?,20+,21?,22+,23-,24?/m11/s1. The first-order valence-electron chi connectivity index (χ1n) is 30.8. The number of aliphatic hydroxyl groups is 2. The van der Waals surface area contributed by atoms with Gasteiger partial charge in [-0.25, -0.2) is 4.79 Å². The van der Waals surface area contributed by atoms with Crippen molar-refractivity contribution in [3.05, 3.63) is 144 Å². The molecule has 6 saturated heterocycles. The van der Waals surface area contributed by atoms with Crippen molar-refractivity contribution in [2.24, 2.45) is 35.5 Å². The Labute approximate surface area is 492 Å². The Hall–Kier alpha value is -4.37. The van der Waals surface area contributed by atoms with E-state index in [1.807, 2.05) is 156 Å². The zero-order valence-electron chi connectivity index (χ0n) is 50.2. The summed E-state index contributed by atoms with van der Waals surface area (Å²) in [7, 11) is 0. The number of carbonyl (C=O) groups excluding carboxylic acids is 1. The first-order valence-corrected chi connectivity index (χ1v) is 30.8. The minimum atomic E-state index is -0.679. The smallest absolute Gasteiger partial charge is 0.410 e. The molecule has 456 valence electrons. The fourth-order valence-corrected chi connectivity index (χ4v) is 12.8. The van der Waals surface area contributed by atoms with E-state index in [-0.39, 0.29) is 97.0 Å². The van der Waals surface area contributed by atoms with Crippen molar-refractivity contribution >= 4 is 6.09 Å². The van der Waals surface area contributed by atoms with E-state index in [1.165, 1.54) is 0 Å². The van der Waals surface area contributed by atoms with E-state index in [9.17, 15) is 15.0 Å². The number of carbonyl (C=O) groups is 1. The molecule has 0 bridgehead atoms. The zero-order chi connectivity index (χ0) is 58.6. The highest BCUT2D eigenvalue weighted by Crippen LogP contribution is 2.43. The number of amides is 1. The van der Waals surface area contributed by atoms with Gasteiger partial charge in [0, 0.05) is 66.3 Å². The minimum Gasteiger partial charge on any atom is -0.445 e. The molecule has 6 heterocycles. The monoisotopic (exact) mass is 1150 g/mol. The quantitative estimate of drug-likeness (QED) is 0.0849. The van der Waals surface area contributed by atoms with E-state index in [1.54, 1.807) is 4.90 Å². The van der Waals surface area contributed by atoms with Gasteiger partial charge in [0.15, 0.2) is 31.5 Å². The third kappa shape index (κ3) is 15.8. The number of unbranched alkanes of at least 4 members (excludes halogenated alkanes) is 2. The number of hydrogen-bond donors (Lipinski definition) is 2. The second kappa shape index (κ2) is 30.3. The van der Waals surface area contributed by atoms with Gasteiger partial charge in [-0.15, -0.1) is 0 Å². The van der Waals surface area contributed by atoms with E-state index in [2.05, 4.69) is 27.7 Å². The summed E-state index contributed by atoms with van der Waals surface area (Å²) in [6.45, 7) is 21.1. The minimum absolute atomic E-state index is 0.00565. The second-order valence-electron chi connectivity index (χ2n) is 23.9. The van der Waals surface area contributed by atoms with Crippen molar-refractivity contribution in [3.63, 3.8) is 0 Å². The van der Waals surface area contributed by atoms with Gasteiger partial charge in [0.05, 0.1) is 62.0 Å². The molecular formula is C67H93NO15. The van der Waals surface area contributed by atoms with Crippen molar-refractivity contribution in [3.8, 4) is 0 Å². The lowest BCUT2D eigenvalue weighted by molar-refractivity contribution is -0.379.